The number of guanidine groups is 1. The number of amides is 1. The number of nitrogens with one attached hydrogen (secondary N) is 2. The highest BCUT2D eigenvalue weighted by atomic mass is 19.1. The standard InChI is InChI=1S/C19H23FN4O2/c1-21-19(24(2)13-14-7-9-17(26-3)10-8-14)22-12-18(25)23-16-6-4-5-15(20)11-16/h4-11H,12-13H2,1-3H3,(H,21,22)(H,23,25). The van der Waals surface area contributed by atoms with Crippen LogP contribution < -0.4 is 15.4 Å². The number of hydrogen-bond donors (Lipinski definition) is 2. The Labute approximate surface area is 152 Å². The third-order valence-electron chi connectivity index (χ3n) is 3.67. The molecule has 0 saturated carbocycles. The minimum atomic E-state index is -0.397. The van der Waals surface area contributed by atoms with E-state index in [4.69, 9.17) is 4.74 Å². The maximum absolute atomic E-state index is 13.1. The number of halogens is 1. The van der Waals surface area contributed by atoms with Gasteiger partial charge < -0.3 is 20.3 Å². The molecule has 2 aromatic rings. The molecule has 0 spiro atoms. The van der Waals surface area contributed by atoms with Crippen LogP contribution in [0.3, 0.4) is 0 Å². The van der Waals surface area contributed by atoms with E-state index in [1.165, 1.54) is 12.1 Å². The van der Waals surface area contributed by atoms with Crippen molar-refractivity contribution in [2.24, 2.45) is 4.99 Å². The first kappa shape index (κ1) is 19.2. The van der Waals surface area contributed by atoms with Crippen LogP contribution in [-0.2, 0) is 11.3 Å². The third kappa shape index (κ3) is 5.77. The first-order chi connectivity index (χ1) is 12.5. The Morgan fingerprint density at radius 3 is 2.58 bits per heavy atom. The van der Waals surface area contributed by atoms with Gasteiger partial charge in [-0.2, -0.15) is 0 Å². The fourth-order valence-electron chi connectivity index (χ4n) is 2.40. The highest BCUT2D eigenvalue weighted by Gasteiger charge is 2.09. The van der Waals surface area contributed by atoms with Gasteiger partial charge in [-0.15, -0.1) is 0 Å². The maximum atomic E-state index is 13.1. The van der Waals surface area contributed by atoms with Crippen molar-refractivity contribution >= 4 is 17.6 Å². The molecule has 0 fully saturated rings. The number of rotatable bonds is 6. The van der Waals surface area contributed by atoms with Crippen LogP contribution in [0.5, 0.6) is 5.75 Å². The van der Waals surface area contributed by atoms with E-state index in [-0.39, 0.29) is 12.5 Å². The number of methoxy groups -OCH3 is 1. The Balaban J connectivity index is 1.86. The number of aliphatic imine (C=N–C) groups is 1. The second kappa shape index (κ2) is 9.41. The molecule has 1 amide bonds. The van der Waals surface area contributed by atoms with Crippen LogP contribution in [0.25, 0.3) is 0 Å². The molecule has 0 heterocycles. The molecule has 0 unspecified atom stereocenters. The summed E-state index contributed by atoms with van der Waals surface area (Å²) in [6.07, 6.45) is 0. The molecule has 2 N–H and O–H groups in total. The van der Waals surface area contributed by atoms with Crippen LogP contribution in [0.4, 0.5) is 10.1 Å². The average Bonchev–Trinajstić information content (AvgIpc) is 2.63. The average molecular weight is 358 g/mol. The molecule has 7 heteroatoms. The van der Waals surface area contributed by atoms with E-state index in [0.29, 0.717) is 18.2 Å². The van der Waals surface area contributed by atoms with Gasteiger partial charge in [0.25, 0.3) is 0 Å². The first-order valence-electron chi connectivity index (χ1n) is 8.12. The smallest absolute Gasteiger partial charge is 0.243 e. The van der Waals surface area contributed by atoms with Gasteiger partial charge in [-0.25, -0.2) is 4.39 Å². The minimum absolute atomic E-state index is 0.0239. The molecule has 0 aliphatic carbocycles. The number of carbonyl (C=O) groups excluding carboxylic acids is 1. The summed E-state index contributed by atoms with van der Waals surface area (Å²) < 4.78 is 18.3. The van der Waals surface area contributed by atoms with Crippen molar-refractivity contribution in [2.75, 3.05) is 33.1 Å². The lowest BCUT2D eigenvalue weighted by Crippen LogP contribution is -2.42. The monoisotopic (exact) mass is 358 g/mol. The van der Waals surface area contributed by atoms with E-state index in [1.807, 2.05) is 36.2 Å². The number of anilines is 1. The van der Waals surface area contributed by atoms with Gasteiger partial charge in [-0.1, -0.05) is 18.2 Å². The molecule has 0 radical (unpaired) electrons. The highest BCUT2D eigenvalue weighted by Crippen LogP contribution is 2.12. The zero-order valence-corrected chi connectivity index (χ0v) is 15.1. The fraction of sp³-hybridized carbons (Fsp3) is 0.263. The van der Waals surface area contributed by atoms with Gasteiger partial charge in [-0.3, -0.25) is 9.79 Å². The quantitative estimate of drug-likeness (QED) is 0.615. The summed E-state index contributed by atoms with van der Waals surface area (Å²) in [7, 11) is 5.16. The summed E-state index contributed by atoms with van der Waals surface area (Å²) >= 11 is 0. The summed E-state index contributed by atoms with van der Waals surface area (Å²) in [4.78, 5) is 18.1. The van der Waals surface area contributed by atoms with Crippen LogP contribution in [0, 0.1) is 5.82 Å². The van der Waals surface area contributed by atoms with Crippen molar-refractivity contribution < 1.29 is 13.9 Å². The van der Waals surface area contributed by atoms with E-state index in [0.717, 1.165) is 11.3 Å². The SMILES string of the molecule is CN=C(NCC(=O)Nc1cccc(F)c1)N(C)Cc1ccc(OC)cc1. The Kier molecular flexibility index (Phi) is 6.96. The lowest BCUT2D eigenvalue weighted by atomic mass is 10.2. The van der Waals surface area contributed by atoms with E-state index >= 15 is 0 Å². The van der Waals surface area contributed by atoms with Crippen LogP contribution in [0.2, 0.25) is 0 Å². The molecule has 2 aromatic carbocycles. The zero-order chi connectivity index (χ0) is 18.9. The predicted octanol–water partition coefficient (Wildman–Crippen LogP) is 2.48. The van der Waals surface area contributed by atoms with Gasteiger partial charge in [0.05, 0.1) is 13.7 Å². The molecule has 0 aromatic heterocycles. The Hall–Kier alpha value is -3.09. The largest absolute Gasteiger partial charge is 0.497 e. The van der Waals surface area contributed by atoms with Gasteiger partial charge in [0, 0.05) is 26.3 Å². The third-order valence-corrected chi connectivity index (χ3v) is 3.67. The number of hydrogen-bond acceptors (Lipinski definition) is 3. The number of carbonyl (C=O) groups is 1. The van der Waals surface area contributed by atoms with Gasteiger partial charge in [0.2, 0.25) is 5.91 Å². The van der Waals surface area contributed by atoms with Crippen LogP contribution in [0.15, 0.2) is 53.5 Å². The summed E-state index contributed by atoms with van der Waals surface area (Å²) in [5.74, 6) is 0.698. The molecule has 0 bridgehead atoms. The summed E-state index contributed by atoms with van der Waals surface area (Å²) in [5, 5.41) is 5.63. The van der Waals surface area contributed by atoms with Crippen molar-refractivity contribution in [3.63, 3.8) is 0 Å². The molecular formula is C19H23FN4O2. The topological polar surface area (TPSA) is 66.0 Å². The van der Waals surface area contributed by atoms with Gasteiger partial charge in [-0.05, 0) is 35.9 Å². The maximum Gasteiger partial charge on any atom is 0.243 e. The van der Waals surface area contributed by atoms with Crippen LogP contribution in [-0.4, -0.2) is 44.5 Å². The summed E-state index contributed by atoms with van der Waals surface area (Å²) in [5.41, 5.74) is 1.50. The van der Waals surface area contributed by atoms with Crippen molar-refractivity contribution in [3.05, 3.63) is 59.9 Å². The van der Waals surface area contributed by atoms with E-state index < -0.39 is 5.82 Å². The normalized spacial score (nSPS) is 11.0. The molecule has 0 aliphatic rings. The highest BCUT2D eigenvalue weighted by molar-refractivity contribution is 5.94. The van der Waals surface area contributed by atoms with Gasteiger partial charge >= 0.3 is 0 Å². The second-order valence-corrected chi connectivity index (χ2v) is 5.66. The predicted molar refractivity (Wildman–Crippen MR) is 101 cm³/mol. The van der Waals surface area contributed by atoms with E-state index in [2.05, 4.69) is 15.6 Å². The molecular weight excluding hydrogens is 335 g/mol. The molecule has 0 aliphatic heterocycles. The first-order valence-corrected chi connectivity index (χ1v) is 8.12. The fourth-order valence-corrected chi connectivity index (χ4v) is 2.40. The van der Waals surface area contributed by atoms with Crippen molar-refractivity contribution in [2.45, 2.75) is 6.54 Å². The molecule has 0 saturated heterocycles. The van der Waals surface area contributed by atoms with Crippen LogP contribution in [0.1, 0.15) is 5.56 Å². The molecule has 26 heavy (non-hydrogen) atoms. The molecule has 2 rings (SSSR count). The Morgan fingerprint density at radius 1 is 1.23 bits per heavy atom. The lowest BCUT2D eigenvalue weighted by molar-refractivity contribution is -0.115. The van der Waals surface area contributed by atoms with E-state index in [9.17, 15) is 9.18 Å². The van der Waals surface area contributed by atoms with Crippen LogP contribution >= 0.6 is 0 Å². The number of ether oxygens (including phenoxy) is 1. The number of nitrogens with zero attached hydrogens (tertiary/aromatic N) is 2. The van der Waals surface area contributed by atoms with Gasteiger partial charge in [0.1, 0.15) is 11.6 Å². The van der Waals surface area contributed by atoms with Gasteiger partial charge in [0.15, 0.2) is 5.96 Å². The van der Waals surface area contributed by atoms with Crippen molar-refractivity contribution in [3.8, 4) is 5.75 Å². The Bertz CT molecular complexity index is 762. The second-order valence-electron chi connectivity index (χ2n) is 5.66. The summed E-state index contributed by atoms with van der Waals surface area (Å²) in [6.45, 7) is 0.644. The molecule has 0 atom stereocenters. The van der Waals surface area contributed by atoms with Crippen molar-refractivity contribution in [1.29, 1.82) is 0 Å². The Morgan fingerprint density at radius 2 is 1.96 bits per heavy atom. The summed E-state index contributed by atoms with van der Waals surface area (Å²) in [6, 6.07) is 13.5. The lowest BCUT2D eigenvalue weighted by Gasteiger charge is -2.22. The molecule has 6 nitrogen and oxygen atoms in total. The van der Waals surface area contributed by atoms with Crippen molar-refractivity contribution in [1.82, 2.24) is 10.2 Å². The number of benzene rings is 2. The zero-order valence-electron chi connectivity index (χ0n) is 15.1. The minimum Gasteiger partial charge on any atom is -0.497 e. The van der Waals surface area contributed by atoms with E-state index in [1.54, 1.807) is 26.3 Å². The molecule has 138 valence electrons.